The first kappa shape index (κ1) is 10.2. The fourth-order valence-electron chi connectivity index (χ4n) is 1.27. The Bertz CT molecular complexity index is 66.8. The lowest BCUT2D eigenvalue weighted by molar-refractivity contribution is 0.379. The van der Waals surface area contributed by atoms with Gasteiger partial charge in [-0.25, -0.2) is 0 Å². The van der Waals surface area contributed by atoms with Crippen LogP contribution in [0.25, 0.3) is 0 Å². The van der Waals surface area contributed by atoms with Gasteiger partial charge in [0.25, 0.3) is 0 Å². The molecule has 3 nitrogen and oxygen atoms in total. The maximum absolute atomic E-state index is 6.47. The van der Waals surface area contributed by atoms with Crippen molar-refractivity contribution in [1.29, 1.82) is 0 Å². The van der Waals surface area contributed by atoms with E-state index in [2.05, 4.69) is 17.3 Å². The van der Waals surface area contributed by atoms with Crippen molar-refractivity contribution in [2.24, 2.45) is 5.84 Å². The summed E-state index contributed by atoms with van der Waals surface area (Å²) in [5, 5.41) is 0. The molecule has 0 atom stereocenters. The second-order valence-corrected chi connectivity index (χ2v) is 2.50. The molecule has 0 unspecified atom stereocenters. The summed E-state index contributed by atoms with van der Waals surface area (Å²) < 4.78 is 6.47. The molecule has 0 bridgehead atoms. The molecule has 1 aliphatic carbocycles. The summed E-state index contributed by atoms with van der Waals surface area (Å²) in [4.78, 5) is 0. The van der Waals surface area contributed by atoms with E-state index >= 15 is 0 Å². The maximum atomic E-state index is 6.47. The molecule has 1 aliphatic rings. The zero-order valence-electron chi connectivity index (χ0n) is 6.02. The second kappa shape index (κ2) is 7.28. The highest BCUT2D eigenvalue weighted by atomic mass is 35.5. The van der Waals surface area contributed by atoms with Crippen molar-refractivity contribution in [2.75, 3.05) is 0 Å². The van der Waals surface area contributed by atoms with Gasteiger partial charge in [-0.15, -0.1) is 0 Å². The van der Waals surface area contributed by atoms with Crippen molar-refractivity contribution in [3.8, 4) is 0 Å². The normalized spacial score (nSPS) is 19.5. The van der Waals surface area contributed by atoms with Crippen LogP contribution in [0.3, 0.4) is 0 Å². The zero-order valence-corrected chi connectivity index (χ0v) is 6.77. The van der Waals surface area contributed by atoms with Crippen LogP contribution in [-0.2, 0) is 0 Å². The van der Waals surface area contributed by atoms with Crippen molar-refractivity contribution in [3.05, 3.63) is 0 Å². The largest absolute Gasteiger partial charge is 0.295 e. The van der Waals surface area contributed by atoms with Crippen LogP contribution >= 0.6 is 11.9 Å². The van der Waals surface area contributed by atoms with Gasteiger partial charge in [-0.2, -0.15) is 0 Å². The number of halogens is 1. The Morgan fingerprint density at radius 1 is 1.20 bits per heavy atom. The summed E-state index contributed by atoms with van der Waals surface area (Å²) in [7, 11) is 0. The Hall–Kier alpha value is 0.170. The van der Waals surface area contributed by atoms with Crippen LogP contribution in [0.2, 0.25) is 0 Å². The van der Waals surface area contributed by atoms with E-state index in [0.29, 0.717) is 6.04 Å². The molecule has 0 aromatic heterocycles. The number of rotatable bonds is 1. The first-order chi connectivity index (χ1) is 4.93. The molecule has 4 heteroatoms. The number of hydrogen-bond donors (Lipinski definition) is 3. The SMILES string of the molecule is NNC1CCCCC1.OCl. The van der Waals surface area contributed by atoms with Gasteiger partial charge in [0.05, 0.1) is 11.9 Å². The molecule has 0 amide bonds. The van der Waals surface area contributed by atoms with E-state index in [1.165, 1.54) is 32.1 Å². The standard InChI is InChI=1S/C6H14N2.ClHO/c7-8-6-4-2-1-3-5-6;1-2/h6,8H,1-5,7H2;2H. The number of nitrogens with one attached hydrogen (secondary N) is 1. The molecule has 0 aliphatic heterocycles. The van der Waals surface area contributed by atoms with Gasteiger partial charge in [0.15, 0.2) is 0 Å². The molecule has 0 radical (unpaired) electrons. The molecule has 1 saturated carbocycles. The summed E-state index contributed by atoms with van der Waals surface area (Å²) in [5.41, 5.74) is 2.80. The maximum Gasteiger partial charge on any atom is 0.0579 e. The number of hydrazine groups is 1. The van der Waals surface area contributed by atoms with E-state index in [1.807, 2.05) is 0 Å². The highest BCUT2D eigenvalue weighted by molar-refractivity contribution is 6.04. The lowest BCUT2D eigenvalue weighted by atomic mass is 9.96. The number of nitrogens with two attached hydrogens (primary N) is 1. The molecular weight excluding hydrogens is 152 g/mol. The molecule has 1 fully saturated rings. The summed E-state index contributed by atoms with van der Waals surface area (Å²) in [6, 6.07) is 0.615. The van der Waals surface area contributed by atoms with Gasteiger partial charge < -0.3 is 0 Å². The van der Waals surface area contributed by atoms with Gasteiger partial charge in [0.1, 0.15) is 0 Å². The van der Waals surface area contributed by atoms with Crippen LogP contribution < -0.4 is 11.3 Å². The van der Waals surface area contributed by atoms with Crippen LogP contribution in [0, 0.1) is 0 Å². The van der Waals surface area contributed by atoms with E-state index in [9.17, 15) is 0 Å². The van der Waals surface area contributed by atoms with Gasteiger partial charge in [0.2, 0.25) is 0 Å². The molecule has 0 heterocycles. The molecule has 10 heavy (non-hydrogen) atoms. The molecule has 0 aromatic carbocycles. The average Bonchev–Trinajstić information content (AvgIpc) is 2.10. The molecule has 4 N–H and O–H groups in total. The first-order valence-corrected chi connectivity index (χ1v) is 3.90. The Kier molecular flexibility index (Phi) is 7.40. The lowest BCUT2D eigenvalue weighted by Crippen LogP contribution is -2.36. The average molecular weight is 167 g/mol. The number of hydrogen-bond acceptors (Lipinski definition) is 3. The third kappa shape index (κ3) is 4.06. The van der Waals surface area contributed by atoms with Crippen LogP contribution in [0.4, 0.5) is 0 Å². The Balaban J connectivity index is 0.000000371. The van der Waals surface area contributed by atoms with Crippen molar-refractivity contribution in [2.45, 2.75) is 38.1 Å². The van der Waals surface area contributed by atoms with Crippen molar-refractivity contribution >= 4 is 11.9 Å². The lowest BCUT2D eigenvalue weighted by Gasteiger charge is -2.19. The summed E-state index contributed by atoms with van der Waals surface area (Å²) in [6.45, 7) is 0. The van der Waals surface area contributed by atoms with Gasteiger partial charge in [0, 0.05) is 6.04 Å². The Morgan fingerprint density at radius 3 is 2.00 bits per heavy atom. The minimum atomic E-state index is 0.615. The second-order valence-electron chi connectivity index (χ2n) is 2.50. The van der Waals surface area contributed by atoms with Gasteiger partial charge in [-0.1, -0.05) is 19.3 Å². The summed E-state index contributed by atoms with van der Waals surface area (Å²) >= 11 is 3.64. The predicted molar refractivity (Wildman–Crippen MR) is 42.3 cm³/mol. The Morgan fingerprint density at radius 2 is 1.70 bits per heavy atom. The third-order valence-electron chi connectivity index (χ3n) is 1.84. The van der Waals surface area contributed by atoms with Crippen molar-refractivity contribution in [1.82, 2.24) is 5.43 Å². The van der Waals surface area contributed by atoms with Crippen LogP contribution in [0.5, 0.6) is 0 Å². The third-order valence-corrected chi connectivity index (χ3v) is 1.84. The molecule has 1 rings (SSSR count). The van der Waals surface area contributed by atoms with E-state index in [4.69, 9.17) is 10.5 Å². The summed E-state index contributed by atoms with van der Waals surface area (Å²) in [6.07, 6.45) is 6.66. The molecule has 0 aromatic rings. The summed E-state index contributed by atoms with van der Waals surface area (Å²) in [5.74, 6) is 5.25. The van der Waals surface area contributed by atoms with Crippen LogP contribution in [-0.4, -0.2) is 10.7 Å². The predicted octanol–water partition coefficient (Wildman–Crippen LogP) is 0.915. The fourth-order valence-corrected chi connectivity index (χ4v) is 1.27. The highest BCUT2D eigenvalue weighted by Gasteiger charge is 2.09. The monoisotopic (exact) mass is 166 g/mol. The molecule has 0 saturated heterocycles. The van der Waals surface area contributed by atoms with Crippen molar-refractivity contribution < 1.29 is 4.66 Å². The quantitative estimate of drug-likeness (QED) is 0.401. The van der Waals surface area contributed by atoms with Crippen LogP contribution in [0.1, 0.15) is 32.1 Å². The van der Waals surface area contributed by atoms with E-state index < -0.39 is 0 Å². The van der Waals surface area contributed by atoms with Crippen LogP contribution in [0.15, 0.2) is 0 Å². The minimum absolute atomic E-state index is 0.615. The van der Waals surface area contributed by atoms with Gasteiger partial charge in [-0.3, -0.25) is 15.9 Å². The zero-order chi connectivity index (χ0) is 7.82. The smallest absolute Gasteiger partial charge is 0.0579 e. The van der Waals surface area contributed by atoms with Gasteiger partial charge in [-0.05, 0) is 12.8 Å². The fraction of sp³-hybridized carbons (Fsp3) is 1.00. The topological polar surface area (TPSA) is 58.3 Å². The first-order valence-electron chi connectivity index (χ1n) is 3.56. The van der Waals surface area contributed by atoms with Gasteiger partial charge >= 0.3 is 0 Å². The molecule has 0 spiro atoms. The van der Waals surface area contributed by atoms with Crippen molar-refractivity contribution in [3.63, 3.8) is 0 Å². The van der Waals surface area contributed by atoms with E-state index in [-0.39, 0.29) is 0 Å². The van der Waals surface area contributed by atoms with E-state index in [0.717, 1.165) is 0 Å². The van der Waals surface area contributed by atoms with E-state index in [1.54, 1.807) is 0 Å². The Labute approximate surface area is 66.7 Å². The molecule has 62 valence electrons. The highest BCUT2D eigenvalue weighted by Crippen LogP contribution is 2.16. The molecular formula is C6H15ClN2O. The minimum Gasteiger partial charge on any atom is -0.295 e.